The maximum Gasteiger partial charge on any atom is 0.257 e. The molecule has 2 N–H and O–H groups in total. The summed E-state index contributed by atoms with van der Waals surface area (Å²) in [6.45, 7) is 1.13. The van der Waals surface area contributed by atoms with Gasteiger partial charge in [-0.1, -0.05) is 0 Å². The zero-order chi connectivity index (χ0) is 17.2. The van der Waals surface area contributed by atoms with Crippen LogP contribution in [0.25, 0.3) is 0 Å². The molecule has 2 heterocycles. The van der Waals surface area contributed by atoms with Crippen molar-refractivity contribution in [2.24, 2.45) is 5.73 Å². The van der Waals surface area contributed by atoms with Crippen LogP contribution in [0.3, 0.4) is 0 Å². The van der Waals surface area contributed by atoms with E-state index in [0.29, 0.717) is 31.0 Å². The summed E-state index contributed by atoms with van der Waals surface area (Å²) in [5.41, 5.74) is 5.26. The van der Waals surface area contributed by atoms with E-state index in [0.717, 1.165) is 31.5 Å². The summed E-state index contributed by atoms with van der Waals surface area (Å²) in [7, 11) is 1.63. The minimum atomic E-state index is -0.502. The van der Waals surface area contributed by atoms with Crippen LogP contribution in [0.4, 0.5) is 0 Å². The third-order valence-corrected chi connectivity index (χ3v) is 4.95. The number of nitrogens with zero attached hydrogens (tertiary/aromatic N) is 3. The van der Waals surface area contributed by atoms with Crippen molar-refractivity contribution >= 4 is 11.8 Å². The summed E-state index contributed by atoms with van der Waals surface area (Å²) >= 11 is 0. The molecule has 2 aliphatic rings. The van der Waals surface area contributed by atoms with Crippen LogP contribution in [0.2, 0.25) is 0 Å². The number of rotatable bonds is 6. The predicted molar refractivity (Wildman–Crippen MR) is 87.3 cm³/mol. The van der Waals surface area contributed by atoms with E-state index >= 15 is 0 Å². The number of carbonyl (C=O) groups excluding carboxylic acids is 2. The van der Waals surface area contributed by atoms with E-state index in [1.807, 2.05) is 0 Å². The molecule has 1 aliphatic heterocycles. The van der Waals surface area contributed by atoms with E-state index in [1.165, 1.54) is 0 Å². The molecule has 2 fully saturated rings. The van der Waals surface area contributed by atoms with Crippen molar-refractivity contribution in [2.75, 3.05) is 20.2 Å². The fourth-order valence-corrected chi connectivity index (χ4v) is 3.28. The van der Waals surface area contributed by atoms with Crippen LogP contribution in [-0.2, 0) is 9.53 Å². The number of carbonyl (C=O) groups is 2. The van der Waals surface area contributed by atoms with E-state index in [1.54, 1.807) is 24.4 Å². The van der Waals surface area contributed by atoms with Crippen molar-refractivity contribution in [1.29, 1.82) is 0 Å². The number of primary amides is 1. The first-order valence-corrected chi connectivity index (χ1v) is 8.48. The van der Waals surface area contributed by atoms with Crippen molar-refractivity contribution in [3.05, 3.63) is 23.8 Å². The molecular weight excluding hydrogens is 308 g/mol. The quantitative estimate of drug-likeness (QED) is 0.845. The Morgan fingerprint density at radius 3 is 2.67 bits per heavy atom. The van der Waals surface area contributed by atoms with E-state index in [2.05, 4.69) is 9.97 Å². The topological polar surface area (TPSA) is 98.4 Å². The van der Waals surface area contributed by atoms with Gasteiger partial charge in [-0.25, -0.2) is 9.97 Å². The van der Waals surface area contributed by atoms with E-state index in [-0.39, 0.29) is 18.2 Å². The molecule has 130 valence electrons. The van der Waals surface area contributed by atoms with Crippen LogP contribution < -0.4 is 5.73 Å². The number of amides is 2. The van der Waals surface area contributed by atoms with Crippen LogP contribution in [0.15, 0.2) is 12.4 Å². The first kappa shape index (κ1) is 16.8. The van der Waals surface area contributed by atoms with Crippen molar-refractivity contribution in [1.82, 2.24) is 14.9 Å². The van der Waals surface area contributed by atoms with Gasteiger partial charge in [-0.15, -0.1) is 0 Å². The number of ether oxygens (including phenoxy) is 1. The molecule has 0 radical (unpaired) electrons. The van der Waals surface area contributed by atoms with Crippen molar-refractivity contribution < 1.29 is 14.3 Å². The summed E-state index contributed by atoms with van der Waals surface area (Å²) in [6.07, 6.45) is 7.95. The minimum absolute atomic E-state index is 0.0856. The standard InChI is InChI=1S/C17H24N4O3/c1-24-17(7-5-14(18)22)6-2-8-21(11-17)16(23)13-9-19-15(20-10-13)12-3-4-12/h9-10,12H,2-8,11H2,1H3,(H2,18,22). The summed E-state index contributed by atoms with van der Waals surface area (Å²) in [6, 6.07) is 0. The Morgan fingerprint density at radius 2 is 2.08 bits per heavy atom. The highest BCUT2D eigenvalue weighted by molar-refractivity contribution is 5.93. The molecule has 1 saturated heterocycles. The molecule has 0 spiro atoms. The first-order chi connectivity index (χ1) is 11.5. The fraction of sp³-hybridized carbons (Fsp3) is 0.647. The van der Waals surface area contributed by atoms with Gasteiger partial charge < -0.3 is 15.4 Å². The highest BCUT2D eigenvalue weighted by Gasteiger charge is 2.37. The lowest BCUT2D eigenvalue weighted by Gasteiger charge is -2.41. The second kappa shape index (κ2) is 6.84. The number of methoxy groups -OCH3 is 1. The van der Waals surface area contributed by atoms with Gasteiger partial charge in [0.1, 0.15) is 5.82 Å². The van der Waals surface area contributed by atoms with Crippen LogP contribution in [-0.4, -0.2) is 52.5 Å². The van der Waals surface area contributed by atoms with Crippen molar-refractivity contribution in [3.63, 3.8) is 0 Å². The fourth-order valence-electron chi connectivity index (χ4n) is 3.28. The predicted octanol–water partition coefficient (Wildman–Crippen LogP) is 1.24. The second-order valence-electron chi connectivity index (χ2n) is 6.79. The number of hydrogen-bond acceptors (Lipinski definition) is 5. The Morgan fingerprint density at radius 1 is 1.38 bits per heavy atom. The molecule has 7 heteroatoms. The molecule has 2 amide bonds. The van der Waals surface area contributed by atoms with Crippen LogP contribution in [0.1, 0.15) is 60.6 Å². The van der Waals surface area contributed by atoms with Gasteiger partial charge in [-0.05, 0) is 32.1 Å². The molecule has 1 aromatic heterocycles. The summed E-state index contributed by atoms with van der Waals surface area (Å²) < 4.78 is 5.67. The average molecular weight is 332 g/mol. The molecule has 0 bridgehead atoms. The van der Waals surface area contributed by atoms with E-state index in [9.17, 15) is 9.59 Å². The third-order valence-electron chi connectivity index (χ3n) is 4.95. The largest absolute Gasteiger partial charge is 0.376 e. The van der Waals surface area contributed by atoms with Crippen LogP contribution in [0.5, 0.6) is 0 Å². The van der Waals surface area contributed by atoms with Gasteiger partial charge >= 0.3 is 0 Å². The van der Waals surface area contributed by atoms with Crippen molar-refractivity contribution in [3.8, 4) is 0 Å². The lowest BCUT2D eigenvalue weighted by atomic mass is 9.87. The molecule has 1 aliphatic carbocycles. The Balaban J connectivity index is 1.68. The Hall–Kier alpha value is -2.02. The van der Waals surface area contributed by atoms with Gasteiger partial charge in [0.2, 0.25) is 5.91 Å². The molecule has 1 saturated carbocycles. The normalized spacial score (nSPS) is 24.0. The van der Waals surface area contributed by atoms with Crippen molar-refractivity contribution in [2.45, 2.75) is 50.0 Å². The zero-order valence-corrected chi connectivity index (χ0v) is 14.0. The van der Waals surface area contributed by atoms with Gasteiger partial charge in [0.25, 0.3) is 5.91 Å². The van der Waals surface area contributed by atoms with Gasteiger partial charge in [-0.3, -0.25) is 9.59 Å². The maximum atomic E-state index is 12.7. The summed E-state index contributed by atoms with van der Waals surface area (Å²) in [5, 5.41) is 0. The zero-order valence-electron chi connectivity index (χ0n) is 14.0. The Labute approximate surface area is 141 Å². The SMILES string of the molecule is COC1(CCC(N)=O)CCCN(C(=O)c2cnc(C3CC3)nc2)C1. The minimum Gasteiger partial charge on any atom is -0.376 e. The molecule has 24 heavy (non-hydrogen) atoms. The molecule has 3 rings (SSSR count). The van der Waals surface area contributed by atoms with Gasteiger partial charge in [0, 0.05) is 44.9 Å². The molecule has 7 nitrogen and oxygen atoms in total. The number of piperidine rings is 1. The van der Waals surface area contributed by atoms with Crippen LogP contribution >= 0.6 is 0 Å². The lowest BCUT2D eigenvalue weighted by Crippen LogP contribution is -2.51. The van der Waals surface area contributed by atoms with Crippen LogP contribution in [0, 0.1) is 0 Å². The second-order valence-corrected chi connectivity index (χ2v) is 6.79. The highest BCUT2D eigenvalue weighted by atomic mass is 16.5. The smallest absolute Gasteiger partial charge is 0.257 e. The average Bonchev–Trinajstić information content (AvgIpc) is 3.45. The first-order valence-electron chi connectivity index (χ1n) is 8.48. The monoisotopic (exact) mass is 332 g/mol. The summed E-state index contributed by atoms with van der Waals surface area (Å²) in [4.78, 5) is 34.2. The van der Waals surface area contributed by atoms with Gasteiger partial charge in [0.05, 0.1) is 11.2 Å². The third kappa shape index (κ3) is 3.72. The maximum absolute atomic E-state index is 12.7. The van der Waals surface area contributed by atoms with E-state index < -0.39 is 5.60 Å². The molecule has 1 aromatic rings. The Bertz CT molecular complexity index is 615. The van der Waals surface area contributed by atoms with Gasteiger partial charge in [-0.2, -0.15) is 0 Å². The molecule has 1 unspecified atom stereocenters. The van der Waals surface area contributed by atoms with E-state index in [4.69, 9.17) is 10.5 Å². The number of hydrogen-bond donors (Lipinski definition) is 1. The number of likely N-dealkylation sites (tertiary alicyclic amines) is 1. The van der Waals surface area contributed by atoms with Gasteiger partial charge in [0.15, 0.2) is 0 Å². The number of nitrogens with two attached hydrogens (primary N) is 1. The Kier molecular flexibility index (Phi) is 4.80. The molecule has 1 atom stereocenters. The highest BCUT2D eigenvalue weighted by Crippen LogP contribution is 2.37. The number of aromatic nitrogens is 2. The lowest BCUT2D eigenvalue weighted by molar-refractivity contribution is -0.120. The molecular formula is C17H24N4O3. The molecule has 0 aromatic carbocycles. The summed E-state index contributed by atoms with van der Waals surface area (Å²) in [5.74, 6) is 0.869.